The van der Waals surface area contributed by atoms with Gasteiger partial charge in [-0.05, 0) is 107 Å². The normalized spacial score (nSPS) is 13.8. The number of carbonyl (C=O) groups is 1. The number of nitrogens with zero attached hydrogens (tertiary/aromatic N) is 2. The van der Waals surface area contributed by atoms with Gasteiger partial charge in [-0.3, -0.25) is 4.79 Å². The molecule has 1 amide bonds. The molecule has 1 unspecified atom stereocenters. The fraction of sp³-hybridized carbons (Fsp3) is 0.189. The molecule has 0 saturated heterocycles. The maximum Gasteiger partial charge on any atom is 0.274 e. The first kappa shape index (κ1) is 27.1. The van der Waals surface area contributed by atoms with E-state index < -0.39 is 0 Å². The van der Waals surface area contributed by atoms with Gasteiger partial charge in [-0.15, -0.1) is 0 Å². The molecule has 0 aliphatic heterocycles. The Bertz CT molecular complexity index is 1950. The van der Waals surface area contributed by atoms with Crippen LogP contribution >= 0.6 is 0 Å². The van der Waals surface area contributed by atoms with Gasteiger partial charge in [0.15, 0.2) is 0 Å². The van der Waals surface area contributed by atoms with Gasteiger partial charge in [0, 0.05) is 12.2 Å². The smallest absolute Gasteiger partial charge is 0.274 e. The Labute approximate surface area is 251 Å². The summed E-state index contributed by atoms with van der Waals surface area (Å²) in [7, 11) is 0. The summed E-state index contributed by atoms with van der Waals surface area (Å²) >= 11 is 0. The van der Waals surface area contributed by atoms with E-state index in [1.54, 1.807) is 4.68 Å². The average Bonchev–Trinajstić information content (AvgIpc) is 3.79. The molecule has 1 fully saturated rings. The van der Waals surface area contributed by atoms with E-state index in [2.05, 4.69) is 82.5 Å². The molecule has 1 atom stereocenters. The van der Waals surface area contributed by atoms with Crippen molar-refractivity contribution in [2.45, 2.75) is 32.4 Å². The van der Waals surface area contributed by atoms with Crippen LogP contribution in [-0.2, 0) is 6.54 Å². The van der Waals surface area contributed by atoms with E-state index in [4.69, 9.17) is 5.73 Å². The topological polar surface area (TPSA) is 85.0 Å². The van der Waals surface area contributed by atoms with Gasteiger partial charge >= 0.3 is 0 Å². The summed E-state index contributed by atoms with van der Waals surface area (Å²) in [5, 5.41) is 16.6. The second-order valence-corrected chi connectivity index (χ2v) is 11.6. The third kappa shape index (κ3) is 5.55. The van der Waals surface area contributed by atoms with Crippen molar-refractivity contribution in [1.82, 2.24) is 15.1 Å². The number of hydrogen-bond acceptors (Lipinski definition) is 4. The zero-order valence-corrected chi connectivity index (χ0v) is 24.3. The number of anilines is 1. The van der Waals surface area contributed by atoms with Crippen molar-refractivity contribution in [3.8, 4) is 5.69 Å². The highest BCUT2D eigenvalue weighted by Crippen LogP contribution is 2.36. The van der Waals surface area contributed by atoms with Crippen molar-refractivity contribution in [1.29, 1.82) is 0 Å². The third-order valence-corrected chi connectivity index (χ3v) is 8.35. The largest absolute Gasteiger partial charge is 0.326 e. The molecule has 43 heavy (non-hydrogen) atoms. The fourth-order valence-corrected chi connectivity index (χ4v) is 6.00. The summed E-state index contributed by atoms with van der Waals surface area (Å²) in [5.74, 6) is 0.507. The van der Waals surface area contributed by atoms with Crippen molar-refractivity contribution in [2.24, 2.45) is 11.7 Å². The Morgan fingerprint density at radius 1 is 0.884 bits per heavy atom. The van der Waals surface area contributed by atoms with Crippen LogP contribution < -0.4 is 16.4 Å². The summed E-state index contributed by atoms with van der Waals surface area (Å²) < 4.78 is 1.69. The standard InChI is InChI=1S/C37H35N5O/c1-24-18-35(42(41-24)30-12-6-8-26(19-30)22-38)37(43)40-29-11-7-10-28(20-29)36(39-23-25-16-17-25)34-21-27-9-2-3-13-31(27)32-14-4-5-15-33(32)34/h2-15,18-21,25,36,39H,16-17,22-23,38H2,1H3,(H,40,43). The van der Waals surface area contributed by atoms with Crippen molar-refractivity contribution in [3.05, 3.63) is 137 Å². The molecule has 6 aromatic rings. The van der Waals surface area contributed by atoms with E-state index in [0.29, 0.717) is 12.2 Å². The van der Waals surface area contributed by atoms with Crippen molar-refractivity contribution in [3.63, 3.8) is 0 Å². The lowest BCUT2D eigenvalue weighted by Gasteiger charge is -2.23. The number of hydrogen-bond donors (Lipinski definition) is 3. The molecule has 1 saturated carbocycles. The van der Waals surface area contributed by atoms with Crippen LogP contribution in [0.4, 0.5) is 5.69 Å². The third-order valence-electron chi connectivity index (χ3n) is 8.35. The molecule has 1 aliphatic rings. The van der Waals surface area contributed by atoms with Gasteiger partial charge in [0.1, 0.15) is 5.69 Å². The fourth-order valence-electron chi connectivity index (χ4n) is 6.00. The van der Waals surface area contributed by atoms with Crippen LogP contribution in [-0.4, -0.2) is 22.2 Å². The van der Waals surface area contributed by atoms with Crippen molar-refractivity contribution in [2.75, 3.05) is 11.9 Å². The van der Waals surface area contributed by atoms with Crippen LogP contribution in [0.5, 0.6) is 0 Å². The highest BCUT2D eigenvalue weighted by Gasteiger charge is 2.25. The van der Waals surface area contributed by atoms with Gasteiger partial charge in [0.05, 0.1) is 17.4 Å². The number of nitrogens with one attached hydrogen (secondary N) is 2. The lowest BCUT2D eigenvalue weighted by atomic mass is 9.90. The van der Waals surface area contributed by atoms with E-state index in [-0.39, 0.29) is 11.9 Å². The Balaban J connectivity index is 1.25. The van der Waals surface area contributed by atoms with E-state index in [9.17, 15) is 4.79 Å². The number of aromatic nitrogens is 2. The maximum absolute atomic E-state index is 13.7. The Hall–Kier alpha value is -4.78. The zero-order valence-electron chi connectivity index (χ0n) is 24.3. The van der Waals surface area contributed by atoms with Crippen LogP contribution in [0.2, 0.25) is 0 Å². The molecule has 0 spiro atoms. The molecule has 214 valence electrons. The number of benzene rings is 5. The van der Waals surface area contributed by atoms with Gasteiger partial charge < -0.3 is 16.4 Å². The van der Waals surface area contributed by atoms with E-state index in [0.717, 1.165) is 40.7 Å². The number of amides is 1. The lowest BCUT2D eigenvalue weighted by molar-refractivity contribution is 0.101. The summed E-state index contributed by atoms with van der Waals surface area (Å²) in [6, 6.07) is 37.4. The monoisotopic (exact) mass is 565 g/mol. The molecule has 7 rings (SSSR count). The number of aryl methyl sites for hydroxylation is 1. The molecule has 5 aromatic carbocycles. The Morgan fingerprint density at radius 3 is 2.47 bits per heavy atom. The molecule has 1 aliphatic carbocycles. The van der Waals surface area contributed by atoms with Gasteiger partial charge in [-0.25, -0.2) is 4.68 Å². The predicted molar refractivity (Wildman–Crippen MR) is 175 cm³/mol. The van der Waals surface area contributed by atoms with Crippen molar-refractivity contribution >= 4 is 33.1 Å². The molecule has 4 N–H and O–H groups in total. The van der Waals surface area contributed by atoms with Gasteiger partial charge in [-0.1, -0.05) is 72.8 Å². The molecular weight excluding hydrogens is 530 g/mol. The maximum atomic E-state index is 13.7. The first-order valence-corrected chi connectivity index (χ1v) is 15.0. The number of carbonyl (C=O) groups excluding carboxylic acids is 1. The minimum atomic E-state index is -0.213. The van der Waals surface area contributed by atoms with Crippen LogP contribution in [0.15, 0.2) is 109 Å². The summed E-state index contributed by atoms with van der Waals surface area (Å²) in [6.45, 7) is 3.28. The first-order valence-electron chi connectivity index (χ1n) is 15.0. The highest BCUT2D eigenvalue weighted by atomic mass is 16.2. The van der Waals surface area contributed by atoms with Gasteiger partial charge in [-0.2, -0.15) is 5.10 Å². The molecule has 0 bridgehead atoms. The Kier molecular flexibility index (Phi) is 7.23. The number of fused-ring (bicyclic) bond motifs is 3. The van der Waals surface area contributed by atoms with Crippen LogP contribution in [0.25, 0.3) is 27.2 Å². The molecule has 6 nitrogen and oxygen atoms in total. The quantitative estimate of drug-likeness (QED) is 0.161. The summed E-state index contributed by atoms with van der Waals surface area (Å²) in [5.41, 5.74) is 12.0. The molecule has 1 heterocycles. The minimum Gasteiger partial charge on any atom is -0.326 e. The van der Waals surface area contributed by atoms with E-state index >= 15 is 0 Å². The van der Waals surface area contributed by atoms with E-state index in [1.165, 1.54) is 39.9 Å². The minimum absolute atomic E-state index is 0.0290. The van der Waals surface area contributed by atoms with Gasteiger partial charge in [0.2, 0.25) is 0 Å². The molecule has 1 aromatic heterocycles. The lowest BCUT2D eigenvalue weighted by Crippen LogP contribution is -2.25. The summed E-state index contributed by atoms with van der Waals surface area (Å²) in [6.07, 6.45) is 2.55. The SMILES string of the molecule is Cc1cc(C(=O)Nc2cccc(C(NCC3CC3)c3cc4ccccc4c4ccccc34)c2)n(-c2cccc(CN)c2)n1. The second-order valence-electron chi connectivity index (χ2n) is 11.6. The van der Waals surface area contributed by atoms with Crippen LogP contribution in [0.3, 0.4) is 0 Å². The van der Waals surface area contributed by atoms with E-state index in [1.807, 2.05) is 49.4 Å². The van der Waals surface area contributed by atoms with Gasteiger partial charge in [0.25, 0.3) is 5.91 Å². The second kappa shape index (κ2) is 11.5. The van der Waals surface area contributed by atoms with Crippen LogP contribution in [0.1, 0.15) is 51.8 Å². The Morgan fingerprint density at radius 2 is 1.65 bits per heavy atom. The molecule has 0 radical (unpaired) electrons. The number of rotatable bonds is 9. The first-order chi connectivity index (χ1) is 21.1. The highest BCUT2D eigenvalue weighted by molar-refractivity contribution is 6.09. The van der Waals surface area contributed by atoms with Crippen LogP contribution in [0, 0.1) is 12.8 Å². The zero-order chi connectivity index (χ0) is 29.3. The predicted octanol–water partition coefficient (Wildman–Crippen LogP) is 7.29. The van der Waals surface area contributed by atoms with Crippen molar-refractivity contribution < 1.29 is 4.79 Å². The number of nitrogens with two attached hydrogens (primary N) is 1. The molecular formula is C37H35N5O. The average molecular weight is 566 g/mol. The summed E-state index contributed by atoms with van der Waals surface area (Å²) in [4.78, 5) is 13.7. The molecule has 6 heteroatoms.